The van der Waals surface area contributed by atoms with E-state index in [1.54, 1.807) is 0 Å². The smallest absolute Gasteiger partial charge is 0.242 e. The molecule has 4 heteroatoms. The summed E-state index contributed by atoms with van der Waals surface area (Å²) in [6.45, 7) is 4.56. The number of hydrogen-bond acceptors (Lipinski definition) is 2. The van der Waals surface area contributed by atoms with Crippen LogP contribution < -0.4 is 10.6 Å². The molecule has 1 saturated heterocycles. The van der Waals surface area contributed by atoms with Gasteiger partial charge in [0.25, 0.3) is 0 Å². The third kappa shape index (κ3) is 4.21. The van der Waals surface area contributed by atoms with Crippen LogP contribution in [0.4, 0.5) is 0 Å². The van der Waals surface area contributed by atoms with E-state index in [2.05, 4.69) is 24.5 Å². The summed E-state index contributed by atoms with van der Waals surface area (Å²) in [5, 5.41) is 6.03. The van der Waals surface area contributed by atoms with E-state index in [9.17, 15) is 9.59 Å². The van der Waals surface area contributed by atoms with Gasteiger partial charge in [0.2, 0.25) is 11.8 Å². The SMILES string of the molecule is CCC1(CC)CCC(NC(=O)[C@@H]2CCCCC(=O)N2)CC1. The molecule has 0 bridgehead atoms. The Morgan fingerprint density at radius 3 is 2.48 bits per heavy atom. The Kier molecular flexibility index (Phi) is 5.65. The average Bonchev–Trinajstić information content (AvgIpc) is 2.73. The predicted octanol–water partition coefficient (Wildman–Crippen LogP) is 2.91. The molecule has 1 aliphatic heterocycles. The molecule has 1 atom stereocenters. The van der Waals surface area contributed by atoms with Crippen molar-refractivity contribution in [1.82, 2.24) is 10.6 Å². The second-order valence-electron chi connectivity index (χ2n) is 6.86. The Hall–Kier alpha value is -1.06. The normalized spacial score (nSPS) is 26.8. The highest BCUT2D eigenvalue weighted by Crippen LogP contribution is 2.41. The largest absolute Gasteiger partial charge is 0.352 e. The zero-order valence-electron chi connectivity index (χ0n) is 13.5. The second kappa shape index (κ2) is 7.28. The van der Waals surface area contributed by atoms with Crippen LogP contribution in [0.15, 0.2) is 0 Å². The van der Waals surface area contributed by atoms with E-state index in [0.29, 0.717) is 17.9 Å². The van der Waals surface area contributed by atoms with Gasteiger partial charge in [-0.25, -0.2) is 0 Å². The van der Waals surface area contributed by atoms with Crippen LogP contribution in [0.2, 0.25) is 0 Å². The maximum Gasteiger partial charge on any atom is 0.242 e. The molecule has 0 radical (unpaired) electrons. The van der Waals surface area contributed by atoms with E-state index in [4.69, 9.17) is 0 Å². The first-order valence-corrected chi connectivity index (χ1v) is 8.68. The minimum atomic E-state index is -0.316. The van der Waals surface area contributed by atoms with Crippen LogP contribution in [-0.4, -0.2) is 23.9 Å². The number of nitrogens with one attached hydrogen (secondary N) is 2. The van der Waals surface area contributed by atoms with Gasteiger partial charge in [0, 0.05) is 12.5 Å². The van der Waals surface area contributed by atoms with Gasteiger partial charge in [-0.05, 0) is 43.9 Å². The summed E-state index contributed by atoms with van der Waals surface area (Å²) in [4.78, 5) is 23.9. The lowest BCUT2D eigenvalue weighted by molar-refractivity contribution is -0.129. The van der Waals surface area contributed by atoms with Gasteiger partial charge in [-0.3, -0.25) is 9.59 Å². The Labute approximate surface area is 128 Å². The molecule has 4 nitrogen and oxygen atoms in total. The van der Waals surface area contributed by atoms with Crippen LogP contribution in [0.5, 0.6) is 0 Å². The summed E-state index contributed by atoms with van der Waals surface area (Å²) in [7, 11) is 0. The molecular weight excluding hydrogens is 264 g/mol. The Morgan fingerprint density at radius 2 is 1.86 bits per heavy atom. The first-order valence-electron chi connectivity index (χ1n) is 8.68. The maximum absolute atomic E-state index is 12.3. The molecule has 2 amide bonds. The fraction of sp³-hybridized carbons (Fsp3) is 0.882. The van der Waals surface area contributed by atoms with Crippen LogP contribution in [0.3, 0.4) is 0 Å². The quantitative estimate of drug-likeness (QED) is 0.837. The van der Waals surface area contributed by atoms with Crippen LogP contribution in [0.25, 0.3) is 0 Å². The van der Waals surface area contributed by atoms with Crippen molar-refractivity contribution in [3.05, 3.63) is 0 Å². The summed E-state index contributed by atoms with van der Waals surface area (Å²) in [5.41, 5.74) is 0.498. The number of rotatable bonds is 4. The van der Waals surface area contributed by atoms with Crippen molar-refractivity contribution in [2.24, 2.45) is 5.41 Å². The van der Waals surface area contributed by atoms with Gasteiger partial charge in [-0.15, -0.1) is 0 Å². The summed E-state index contributed by atoms with van der Waals surface area (Å²) >= 11 is 0. The zero-order chi connectivity index (χ0) is 15.3. The van der Waals surface area contributed by atoms with Crippen molar-refractivity contribution >= 4 is 11.8 Å². The van der Waals surface area contributed by atoms with Gasteiger partial charge >= 0.3 is 0 Å². The van der Waals surface area contributed by atoms with E-state index in [1.807, 2.05) is 0 Å². The molecule has 0 aromatic carbocycles. The average molecular weight is 294 g/mol. The summed E-state index contributed by atoms with van der Waals surface area (Å²) in [6, 6.07) is -0.0204. The minimum Gasteiger partial charge on any atom is -0.352 e. The standard InChI is InChI=1S/C17H30N2O2/c1-3-17(4-2)11-9-13(10-12-17)18-16(21)14-7-5-6-8-15(20)19-14/h13-14H,3-12H2,1-2H3,(H,18,21)(H,19,20)/t14-/m0/s1. The lowest BCUT2D eigenvalue weighted by Gasteiger charge is -2.39. The molecule has 1 saturated carbocycles. The lowest BCUT2D eigenvalue weighted by atomic mass is 9.69. The highest BCUT2D eigenvalue weighted by Gasteiger charge is 2.33. The van der Waals surface area contributed by atoms with Crippen molar-refractivity contribution in [3.63, 3.8) is 0 Å². The molecule has 0 aromatic heterocycles. The fourth-order valence-electron chi connectivity index (χ4n) is 3.80. The van der Waals surface area contributed by atoms with Gasteiger partial charge in [0.05, 0.1) is 0 Å². The Bertz CT molecular complexity index is 367. The van der Waals surface area contributed by atoms with Gasteiger partial charge in [-0.2, -0.15) is 0 Å². The third-order valence-electron chi connectivity index (χ3n) is 5.69. The number of carbonyl (C=O) groups excluding carboxylic acids is 2. The summed E-state index contributed by atoms with van der Waals surface area (Å²) in [5.74, 6) is 0.0445. The van der Waals surface area contributed by atoms with E-state index in [1.165, 1.54) is 25.7 Å². The number of carbonyl (C=O) groups is 2. The highest BCUT2D eigenvalue weighted by molar-refractivity contribution is 5.88. The van der Waals surface area contributed by atoms with Gasteiger partial charge in [-0.1, -0.05) is 33.1 Å². The van der Waals surface area contributed by atoms with Gasteiger partial charge < -0.3 is 10.6 Å². The Balaban J connectivity index is 1.82. The molecule has 1 aliphatic carbocycles. The van der Waals surface area contributed by atoms with Crippen LogP contribution in [0.1, 0.15) is 78.1 Å². The van der Waals surface area contributed by atoms with E-state index < -0.39 is 0 Å². The summed E-state index contributed by atoms with van der Waals surface area (Å²) in [6.07, 6.45) is 10.2. The molecule has 2 rings (SSSR count). The molecule has 2 N–H and O–H groups in total. The second-order valence-corrected chi connectivity index (χ2v) is 6.86. The van der Waals surface area contributed by atoms with Crippen LogP contribution in [0, 0.1) is 5.41 Å². The van der Waals surface area contributed by atoms with Gasteiger partial charge in [0.1, 0.15) is 6.04 Å². The fourth-order valence-corrected chi connectivity index (χ4v) is 3.80. The Morgan fingerprint density at radius 1 is 1.19 bits per heavy atom. The molecule has 2 fully saturated rings. The maximum atomic E-state index is 12.3. The molecule has 0 spiro atoms. The summed E-state index contributed by atoms with van der Waals surface area (Å²) < 4.78 is 0. The van der Waals surface area contributed by atoms with Crippen molar-refractivity contribution in [2.75, 3.05) is 0 Å². The van der Waals surface area contributed by atoms with Crippen molar-refractivity contribution < 1.29 is 9.59 Å². The minimum absolute atomic E-state index is 0.0206. The first-order chi connectivity index (χ1) is 10.1. The number of hydrogen-bond donors (Lipinski definition) is 2. The molecule has 120 valence electrons. The van der Waals surface area contributed by atoms with Crippen molar-refractivity contribution in [3.8, 4) is 0 Å². The lowest BCUT2D eigenvalue weighted by Crippen LogP contribution is -2.50. The van der Waals surface area contributed by atoms with Gasteiger partial charge in [0.15, 0.2) is 0 Å². The molecule has 0 unspecified atom stereocenters. The van der Waals surface area contributed by atoms with E-state index in [0.717, 1.165) is 32.1 Å². The molecule has 21 heavy (non-hydrogen) atoms. The zero-order valence-corrected chi connectivity index (χ0v) is 13.5. The van der Waals surface area contributed by atoms with Crippen LogP contribution in [-0.2, 0) is 9.59 Å². The number of amides is 2. The van der Waals surface area contributed by atoms with Crippen molar-refractivity contribution in [2.45, 2.75) is 90.1 Å². The van der Waals surface area contributed by atoms with Crippen LogP contribution >= 0.6 is 0 Å². The molecule has 0 aromatic rings. The topological polar surface area (TPSA) is 58.2 Å². The van der Waals surface area contributed by atoms with E-state index >= 15 is 0 Å². The monoisotopic (exact) mass is 294 g/mol. The predicted molar refractivity (Wildman–Crippen MR) is 83.8 cm³/mol. The molecule has 2 aliphatic rings. The first kappa shape index (κ1) is 16.3. The molecular formula is C17H30N2O2. The van der Waals surface area contributed by atoms with Crippen molar-refractivity contribution in [1.29, 1.82) is 0 Å². The highest BCUT2D eigenvalue weighted by atomic mass is 16.2. The van der Waals surface area contributed by atoms with E-state index in [-0.39, 0.29) is 17.9 Å². The molecule has 1 heterocycles. The third-order valence-corrected chi connectivity index (χ3v) is 5.69.